The van der Waals surface area contributed by atoms with Crippen LogP contribution < -0.4 is 10.6 Å². The standard InChI is InChI=1S/C44H59N7O15/c52-30-36-28-39(53)40(54)44(66-36)64-25-24-63-23-22-62-20-17-59-14-11-48-42(56)34-7-9-46-38(27-34)37-26-33(6-8-45-37)41(55)47-10-13-58-16-19-61-21-18-60-15-12-51-29-35(49-50-51)31-65-43(57)32-4-2-1-3-5-32/h1-9,26-27,29,36,39-40,44,52-54H,10-25,28,30-31H2,(H,47,55)(H,48,56)/t36-,39-,40+,44+/m0/s1. The molecule has 22 heteroatoms. The lowest BCUT2D eigenvalue weighted by atomic mass is 10.0. The van der Waals surface area contributed by atoms with Gasteiger partial charge in [0.25, 0.3) is 11.8 Å². The number of amides is 2. The maximum Gasteiger partial charge on any atom is 0.338 e. The van der Waals surface area contributed by atoms with E-state index in [4.69, 9.17) is 42.6 Å². The van der Waals surface area contributed by atoms with Crippen molar-refractivity contribution < 1.29 is 72.3 Å². The van der Waals surface area contributed by atoms with Crippen LogP contribution in [0, 0.1) is 0 Å². The van der Waals surface area contributed by atoms with Crippen molar-refractivity contribution in [3.8, 4) is 11.4 Å². The Morgan fingerprint density at radius 2 is 1.21 bits per heavy atom. The van der Waals surface area contributed by atoms with Crippen LogP contribution in [0.1, 0.15) is 43.2 Å². The highest BCUT2D eigenvalue weighted by molar-refractivity contribution is 5.96. The van der Waals surface area contributed by atoms with Gasteiger partial charge in [-0.2, -0.15) is 0 Å². The normalized spacial score (nSPS) is 17.1. The quantitative estimate of drug-likeness (QED) is 0.0323. The van der Waals surface area contributed by atoms with E-state index in [1.165, 1.54) is 12.4 Å². The third kappa shape index (κ3) is 18.9. The molecule has 5 rings (SSSR count). The number of hydrogen-bond acceptors (Lipinski definition) is 19. The van der Waals surface area contributed by atoms with E-state index in [0.717, 1.165) is 0 Å². The fourth-order valence-electron chi connectivity index (χ4n) is 6.05. The molecule has 0 unspecified atom stereocenters. The van der Waals surface area contributed by atoms with Crippen LogP contribution >= 0.6 is 0 Å². The lowest BCUT2D eigenvalue weighted by Gasteiger charge is -2.36. The van der Waals surface area contributed by atoms with E-state index >= 15 is 0 Å². The summed E-state index contributed by atoms with van der Waals surface area (Å²) in [5.41, 5.74) is 2.60. The second-order valence-electron chi connectivity index (χ2n) is 14.4. The highest BCUT2D eigenvalue weighted by Gasteiger charge is 2.37. The zero-order valence-electron chi connectivity index (χ0n) is 36.6. The summed E-state index contributed by atoms with van der Waals surface area (Å²) in [5, 5.41) is 42.7. The third-order valence-electron chi connectivity index (χ3n) is 9.49. The fourth-order valence-corrected chi connectivity index (χ4v) is 6.05. The van der Waals surface area contributed by atoms with Gasteiger partial charge in [0.1, 0.15) is 18.4 Å². The first kappa shape index (κ1) is 51.6. The average molecular weight is 926 g/mol. The summed E-state index contributed by atoms with van der Waals surface area (Å²) in [7, 11) is 0. The van der Waals surface area contributed by atoms with Gasteiger partial charge in [-0.25, -0.2) is 9.48 Å². The molecule has 1 aromatic carbocycles. The molecule has 0 bridgehead atoms. The number of ether oxygens (including phenoxy) is 9. The monoisotopic (exact) mass is 925 g/mol. The number of aliphatic hydroxyl groups excluding tert-OH is 3. The Balaban J connectivity index is 0.833. The van der Waals surface area contributed by atoms with E-state index in [-0.39, 0.29) is 71.0 Å². The molecule has 0 spiro atoms. The Morgan fingerprint density at radius 3 is 1.77 bits per heavy atom. The molecule has 0 saturated carbocycles. The first-order valence-electron chi connectivity index (χ1n) is 21.6. The van der Waals surface area contributed by atoms with Gasteiger partial charge in [0.2, 0.25) is 0 Å². The van der Waals surface area contributed by atoms with E-state index in [9.17, 15) is 29.7 Å². The van der Waals surface area contributed by atoms with E-state index in [1.54, 1.807) is 59.4 Å². The van der Waals surface area contributed by atoms with Crippen molar-refractivity contribution in [3.05, 3.63) is 95.6 Å². The zero-order chi connectivity index (χ0) is 46.6. The maximum absolute atomic E-state index is 12.8. The van der Waals surface area contributed by atoms with Crippen LogP contribution in [0.25, 0.3) is 11.4 Å². The fraction of sp³-hybridized carbons (Fsp3) is 0.523. The van der Waals surface area contributed by atoms with Crippen molar-refractivity contribution in [1.29, 1.82) is 0 Å². The highest BCUT2D eigenvalue weighted by Crippen LogP contribution is 2.21. The van der Waals surface area contributed by atoms with Gasteiger partial charge < -0.3 is 68.6 Å². The van der Waals surface area contributed by atoms with E-state index in [2.05, 4.69) is 30.9 Å². The van der Waals surface area contributed by atoms with Gasteiger partial charge in [-0.3, -0.25) is 19.6 Å². The molecule has 5 N–H and O–H groups in total. The number of nitrogens with zero attached hydrogens (tertiary/aromatic N) is 5. The minimum Gasteiger partial charge on any atom is -0.455 e. The van der Waals surface area contributed by atoms with Crippen molar-refractivity contribution in [2.75, 3.05) is 106 Å². The number of esters is 1. The predicted molar refractivity (Wildman–Crippen MR) is 231 cm³/mol. The Bertz CT molecular complexity index is 2010. The molecule has 4 atom stereocenters. The van der Waals surface area contributed by atoms with Crippen LogP contribution in [0.2, 0.25) is 0 Å². The van der Waals surface area contributed by atoms with E-state index in [0.29, 0.717) is 99.8 Å². The smallest absolute Gasteiger partial charge is 0.338 e. The third-order valence-corrected chi connectivity index (χ3v) is 9.49. The lowest BCUT2D eigenvalue weighted by Crippen LogP contribution is -2.50. The molecular weight excluding hydrogens is 867 g/mol. The number of carbonyl (C=O) groups is 3. The largest absolute Gasteiger partial charge is 0.455 e. The molecule has 1 saturated heterocycles. The minimum atomic E-state index is -1.20. The molecular formula is C44H59N7O15. The van der Waals surface area contributed by atoms with Crippen LogP contribution in [0.4, 0.5) is 0 Å². The summed E-state index contributed by atoms with van der Waals surface area (Å²) in [6.45, 7) is 4.80. The molecule has 1 fully saturated rings. The molecule has 66 heavy (non-hydrogen) atoms. The van der Waals surface area contributed by atoms with Crippen LogP contribution in [-0.4, -0.2) is 188 Å². The highest BCUT2D eigenvalue weighted by atomic mass is 16.7. The minimum absolute atomic E-state index is 0.0239. The summed E-state index contributed by atoms with van der Waals surface area (Å²) < 4.78 is 50.8. The lowest BCUT2D eigenvalue weighted by molar-refractivity contribution is -0.273. The maximum atomic E-state index is 12.8. The van der Waals surface area contributed by atoms with Gasteiger partial charge in [-0.1, -0.05) is 23.4 Å². The van der Waals surface area contributed by atoms with Crippen molar-refractivity contribution >= 4 is 17.8 Å². The van der Waals surface area contributed by atoms with E-state index < -0.39 is 30.6 Å². The molecule has 3 aromatic heterocycles. The summed E-state index contributed by atoms with van der Waals surface area (Å²) >= 11 is 0. The van der Waals surface area contributed by atoms with Crippen LogP contribution in [0.5, 0.6) is 0 Å². The van der Waals surface area contributed by atoms with Gasteiger partial charge >= 0.3 is 5.97 Å². The van der Waals surface area contributed by atoms with Gasteiger partial charge in [0.15, 0.2) is 6.29 Å². The number of carbonyl (C=O) groups excluding carboxylic acids is 3. The number of nitrogens with one attached hydrogen (secondary N) is 2. The molecule has 22 nitrogen and oxygen atoms in total. The Hall–Kier alpha value is -5.37. The summed E-state index contributed by atoms with van der Waals surface area (Å²) in [5.74, 6) is -1.06. The summed E-state index contributed by atoms with van der Waals surface area (Å²) in [6, 6.07) is 15.1. The van der Waals surface area contributed by atoms with Gasteiger partial charge in [-0.05, 0) is 36.4 Å². The average Bonchev–Trinajstić information content (AvgIpc) is 3.81. The van der Waals surface area contributed by atoms with Crippen LogP contribution in [0.3, 0.4) is 0 Å². The first-order valence-corrected chi connectivity index (χ1v) is 21.6. The van der Waals surface area contributed by atoms with Crippen molar-refractivity contribution in [2.24, 2.45) is 0 Å². The second-order valence-corrected chi connectivity index (χ2v) is 14.4. The number of aliphatic hydroxyl groups is 3. The zero-order valence-corrected chi connectivity index (χ0v) is 36.6. The number of hydrogen-bond donors (Lipinski definition) is 5. The van der Waals surface area contributed by atoms with Gasteiger partial charge in [-0.15, -0.1) is 5.10 Å². The SMILES string of the molecule is O=C(NCCOCCOCCOCCO[C@@H]1O[C@H](CO)C[C@H](O)[C@H]1O)c1ccnc(-c2cc(C(=O)NCCOCCOCCOCCn3cc(COC(=O)c4ccccc4)nn3)ccn2)c1. The van der Waals surface area contributed by atoms with E-state index in [1.807, 2.05) is 6.07 Å². The number of benzene rings is 1. The summed E-state index contributed by atoms with van der Waals surface area (Å²) in [6.07, 6.45) is 0.971. The van der Waals surface area contributed by atoms with Gasteiger partial charge in [0.05, 0.1) is 134 Å². The molecule has 1 aliphatic rings. The molecule has 1 aliphatic heterocycles. The Labute approximate surface area is 381 Å². The summed E-state index contributed by atoms with van der Waals surface area (Å²) in [4.78, 5) is 46.4. The van der Waals surface area contributed by atoms with Crippen molar-refractivity contribution in [2.45, 2.75) is 44.2 Å². The Kier molecular flexibility index (Phi) is 23.5. The number of pyridine rings is 2. The topological polar surface area (TPSA) is 276 Å². The predicted octanol–water partition coefficient (Wildman–Crippen LogP) is 0.197. The Morgan fingerprint density at radius 1 is 0.682 bits per heavy atom. The molecule has 360 valence electrons. The van der Waals surface area contributed by atoms with Gasteiger partial charge in [0, 0.05) is 43.0 Å². The number of rotatable bonds is 32. The van der Waals surface area contributed by atoms with Crippen molar-refractivity contribution in [3.63, 3.8) is 0 Å². The molecule has 0 aliphatic carbocycles. The molecule has 4 heterocycles. The first-order chi connectivity index (χ1) is 32.3. The van der Waals surface area contributed by atoms with Crippen LogP contribution in [-0.2, 0) is 55.8 Å². The molecule has 0 radical (unpaired) electrons. The molecule has 2 amide bonds. The van der Waals surface area contributed by atoms with Crippen molar-refractivity contribution in [1.82, 2.24) is 35.6 Å². The molecule has 4 aromatic rings. The van der Waals surface area contributed by atoms with Crippen LogP contribution in [0.15, 0.2) is 73.2 Å². The second kappa shape index (κ2) is 30.0. The number of aromatic nitrogens is 5.